The van der Waals surface area contributed by atoms with Gasteiger partial charge in [0, 0.05) is 36.5 Å². The topological polar surface area (TPSA) is 66.8 Å². The molecule has 1 aliphatic heterocycles. The Labute approximate surface area is 172 Å². The van der Waals surface area contributed by atoms with E-state index in [-0.39, 0.29) is 18.2 Å². The smallest absolute Gasteiger partial charge is 0.311 e. The molecule has 3 rings (SSSR count). The third-order valence-electron chi connectivity index (χ3n) is 4.15. The predicted octanol–water partition coefficient (Wildman–Crippen LogP) is 3.38. The van der Waals surface area contributed by atoms with Gasteiger partial charge in [-0.3, -0.25) is 15.1 Å². The Kier molecular flexibility index (Phi) is 7.81. The molecule has 0 aliphatic carbocycles. The Bertz CT molecular complexity index is 822. The zero-order valence-corrected chi connectivity index (χ0v) is 17.3. The summed E-state index contributed by atoms with van der Waals surface area (Å²) in [4.78, 5) is 18.2. The number of nitrogens with one attached hydrogen (secondary N) is 1. The van der Waals surface area contributed by atoms with Crippen LogP contribution in [0.15, 0.2) is 28.7 Å². The Hall–Kier alpha value is -1.97. The summed E-state index contributed by atoms with van der Waals surface area (Å²) in [6, 6.07) is 4.75. The number of carbonyl (C=O) groups excluding carboxylic acids is 1. The number of hydrogen-bond donors (Lipinski definition) is 1. The van der Waals surface area contributed by atoms with Gasteiger partial charge in [-0.25, -0.2) is 9.37 Å². The van der Waals surface area contributed by atoms with Crippen LogP contribution in [0.5, 0.6) is 0 Å². The first-order chi connectivity index (χ1) is 13.6. The van der Waals surface area contributed by atoms with Crippen molar-refractivity contribution in [1.29, 1.82) is 0 Å². The minimum Gasteiger partial charge on any atom is -0.466 e. The number of rotatable bonds is 8. The van der Waals surface area contributed by atoms with E-state index in [2.05, 4.69) is 20.4 Å². The highest BCUT2D eigenvalue weighted by atomic mass is 32.2. The van der Waals surface area contributed by atoms with Crippen molar-refractivity contribution in [2.75, 3.05) is 36.6 Å². The first-order valence-corrected chi connectivity index (χ1v) is 11.1. The van der Waals surface area contributed by atoms with Crippen molar-refractivity contribution in [1.82, 2.24) is 9.88 Å². The largest absolute Gasteiger partial charge is 0.466 e. The maximum Gasteiger partial charge on any atom is 0.311 e. The Morgan fingerprint density at radius 3 is 3.04 bits per heavy atom. The van der Waals surface area contributed by atoms with Gasteiger partial charge < -0.3 is 4.74 Å². The highest BCUT2D eigenvalue weighted by Gasteiger charge is 2.13. The molecule has 2 heterocycles. The average molecular weight is 423 g/mol. The molecule has 0 unspecified atom stereocenters. The standard InChI is InChI=1S/C19H23FN4O2S2/c1-2-26-18(25)10-17-13-28-19(22-17)23-21-11-14-3-4-16(20)9-15(14)12-24-5-7-27-8-6-24/h3-4,9,11,13H,2,5-8,10,12H2,1H3,(H,22,23). The molecule has 1 fully saturated rings. The summed E-state index contributed by atoms with van der Waals surface area (Å²) in [5.41, 5.74) is 5.31. The molecular weight excluding hydrogens is 399 g/mol. The number of aromatic nitrogens is 1. The summed E-state index contributed by atoms with van der Waals surface area (Å²) in [5.74, 6) is 1.68. The summed E-state index contributed by atoms with van der Waals surface area (Å²) in [6.07, 6.45) is 1.83. The second-order valence-corrected chi connectivity index (χ2v) is 8.31. The molecule has 1 aliphatic rings. The predicted molar refractivity (Wildman–Crippen MR) is 113 cm³/mol. The van der Waals surface area contributed by atoms with Crippen LogP contribution >= 0.6 is 23.1 Å². The molecule has 0 bridgehead atoms. The van der Waals surface area contributed by atoms with E-state index in [0.717, 1.165) is 35.7 Å². The monoisotopic (exact) mass is 422 g/mol. The van der Waals surface area contributed by atoms with Crippen molar-refractivity contribution in [2.45, 2.75) is 19.9 Å². The van der Waals surface area contributed by atoms with Crippen molar-refractivity contribution in [2.24, 2.45) is 5.10 Å². The van der Waals surface area contributed by atoms with Gasteiger partial charge in [0.2, 0.25) is 5.13 Å². The zero-order valence-electron chi connectivity index (χ0n) is 15.7. The summed E-state index contributed by atoms with van der Waals surface area (Å²) in [5, 5.41) is 6.62. The van der Waals surface area contributed by atoms with Crippen LogP contribution in [0.1, 0.15) is 23.7 Å². The van der Waals surface area contributed by atoms with Gasteiger partial charge in [0.25, 0.3) is 0 Å². The molecule has 0 saturated carbocycles. The minimum absolute atomic E-state index is 0.145. The molecule has 1 N–H and O–H groups in total. The third kappa shape index (κ3) is 6.29. The maximum atomic E-state index is 13.7. The van der Waals surface area contributed by atoms with Crippen LogP contribution in [0, 0.1) is 5.82 Å². The SMILES string of the molecule is CCOC(=O)Cc1csc(NN=Cc2ccc(F)cc2CN2CCSCC2)n1. The van der Waals surface area contributed by atoms with Crippen molar-refractivity contribution in [3.05, 3.63) is 46.2 Å². The normalized spacial score (nSPS) is 15.1. The Morgan fingerprint density at radius 2 is 2.25 bits per heavy atom. The van der Waals surface area contributed by atoms with E-state index in [1.807, 2.05) is 11.8 Å². The number of esters is 1. The van der Waals surface area contributed by atoms with E-state index in [4.69, 9.17) is 4.74 Å². The van der Waals surface area contributed by atoms with E-state index < -0.39 is 0 Å². The first kappa shape index (κ1) is 20.8. The fourth-order valence-electron chi connectivity index (χ4n) is 2.79. The fraction of sp³-hybridized carbons (Fsp3) is 0.421. The number of anilines is 1. The van der Waals surface area contributed by atoms with Crippen LogP contribution in [0.2, 0.25) is 0 Å². The Balaban J connectivity index is 1.61. The number of carbonyl (C=O) groups is 1. The fourth-order valence-corrected chi connectivity index (χ4v) is 4.43. The maximum absolute atomic E-state index is 13.7. The van der Waals surface area contributed by atoms with Gasteiger partial charge in [0.1, 0.15) is 5.82 Å². The number of thiazole rings is 1. The number of thioether (sulfide) groups is 1. The molecule has 0 atom stereocenters. The average Bonchev–Trinajstić information content (AvgIpc) is 3.11. The second kappa shape index (κ2) is 10.5. The summed E-state index contributed by atoms with van der Waals surface area (Å²) < 4.78 is 18.6. The van der Waals surface area contributed by atoms with Crippen LogP contribution < -0.4 is 5.43 Å². The molecule has 1 aromatic carbocycles. The lowest BCUT2D eigenvalue weighted by Crippen LogP contribution is -2.32. The molecule has 6 nitrogen and oxygen atoms in total. The van der Waals surface area contributed by atoms with Crippen molar-refractivity contribution >= 4 is 40.4 Å². The highest BCUT2D eigenvalue weighted by Crippen LogP contribution is 2.18. The van der Waals surface area contributed by atoms with Gasteiger partial charge in [-0.2, -0.15) is 16.9 Å². The minimum atomic E-state index is -0.296. The lowest BCUT2D eigenvalue weighted by Gasteiger charge is -2.26. The molecule has 1 aromatic heterocycles. The number of benzene rings is 1. The van der Waals surface area contributed by atoms with Crippen LogP contribution in [-0.4, -0.2) is 53.3 Å². The number of hydrazone groups is 1. The van der Waals surface area contributed by atoms with Gasteiger partial charge in [-0.05, 0) is 30.2 Å². The second-order valence-electron chi connectivity index (χ2n) is 6.23. The van der Waals surface area contributed by atoms with Crippen LogP contribution in [0.4, 0.5) is 9.52 Å². The van der Waals surface area contributed by atoms with E-state index in [1.165, 1.54) is 17.4 Å². The van der Waals surface area contributed by atoms with E-state index in [1.54, 1.807) is 30.7 Å². The zero-order chi connectivity index (χ0) is 19.8. The van der Waals surface area contributed by atoms with E-state index in [9.17, 15) is 9.18 Å². The molecule has 0 amide bonds. The summed E-state index contributed by atoms with van der Waals surface area (Å²) >= 11 is 3.32. The molecular formula is C19H23FN4O2S2. The first-order valence-electron chi connectivity index (χ1n) is 9.11. The number of hydrogen-bond acceptors (Lipinski definition) is 8. The van der Waals surface area contributed by atoms with Gasteiger partial charge in [0.15, 0.2) is 0 Å². The molecule has 28 heavy (non-hydrogen) atoms. The van der Waals surface area contributed by atoms with Crippen LogP contribution in [0.3, 0.4) is 0 Å². The summed E-state index contributed by atoms with van der Waals surface area (Å²) in [7, 11) is 0. The van der Waals surface area contributed by atoms with Crippen LogP contribution in [-0.2, 0) is 22.5 Å². The molecule has 150 valence electrons. The molecule has 9 heteroatoms. The van der Waals surface area contributed by atoms with Crippen molar-refractivity contribution in [3.63, 3.8) is 0 Å². The lowest BCUT2D eigenvalue weighted by atomic mass is 10.1. The summed E-state index contributed by atoms with van der Waals surface area (Å²) in [6.45, 7) is 4.86. The number of nitrogens with zero attached hydrogens (tertiary/aromatic N) is 3. The van der Waals surface area contributed by atoms with E-state index in [0.29, 0.717) is 24.0 Å². The quantitative estimate of drug-likeness (QED) is 0.400. The third-order valence-corrected chi connectivity index (χ3v) is 5.89. The molecule has 1 saturated heterocycles. The van der Waals surface area contributed by atoms with Crippen molar-refractivity contribution < 1.29 is 13.9 Å². The Morgan fingerprint density at radius 1 is 1.43 bits per heavy atom. The lowest BCUT2D eigenvalue weighted by molar-refractivity contribution is -0.142. The van der Waals surface area contributed by atoms with Gasteiger partial charge >= 0.3 is 5.97 Å². The van der Waals surface area contributed by atoms with Crippen LogP contribution in [0.25, 0.3) is 0 Å². The molecule has 0 spiro atoms. The molecule has 0 radical (unpaired) electrons. The highest BCUT2D eigenvalue weighted by molar-refractivity contribution is 7.99. The van der Waals surface area contributed by atoms with Gasteiger partial charge in [0.05, 0.1) is 24.9 Å². The molecule has 2 aromatic rings. The van der Waals surface area contributed by atoms with Gasteiger partial charge in [-0.15, -0.1) is 11.3 Å². The van der Waals surface area contributed by atoms with Crippen molar-refractivity contribution in [3.8, 4) is 0 Å². The van der Waals surface area contributed by atoms with Gasteiger partial charge in [-0.1, -0.05) is 6.07 Å². The number of halogens is 1. The van der Waals surface area contributed by atoms with E-state index >= 15 is 0 Å². The number of ether oxygens (including phenoxy) is 1.